The second-order valence-electron chi connectivity index (χ2n) is 4.63. The van der Waals surface area contributed by atoms with E-state index in [2.05, 4.69) is 4.98 Å². The second kappa shape index (κ2) is 5.88. The Kier molecular flexibility index (Phi) is 3.77. The van der Waals surface area contributed by atoms with Crippen molar-refractivity contribution < 1.29 is 9.53 Å². The number of fused-ring (bicyclic) bond motifs is 1. The molecule has 0 aliphatic heterocycles. The number of methoxy groups -OCH3 is 1. The maximum absolute atomic E-state index is 12.6. The number of thiophene rings is 1. The molecule has 2 aromatic heterocycles. The van der Waals surface area contributed by atoms with Gasteiger partial charge in [0.15, 0.2) is 0 Å². The van der Waals surface area contributed by atoms with Crippen molar-refractivity contribution in [3.8, 4) is 11.8 Å². The smallest absolute Gasteiger partial charge is 0.205 e. The van der Waals surface area contributed by atoms with Gasteiger partial charge in [-0.15, -0.1) is 11.3 Å². The third-order valence-corrected chi connectivity index (χ3v) is 4.15. The van der Waals surface area contributed by atoms with Crippen molar-refractivity contribution in [2.45, 2.75) is 0 Å². The lowest BCUT2D eigenvalue weighted by molar-refractivity contribution is 0.104. The molecule has 0 saturated carbocycles. The fourth-order valence-electron chi connectivity index (χ4n) is 2.22. The number of benzene rings is 1. The predicted molar refractivity (Wildman–Crippen MR) is 87.1 cm³/mol. The van der Waals surface area contributed by atoms with Crippen molar-refractivity contribution in [2.75, 3.05) is 7.11 Å². The highest BCUT2D eigenvalue weighted by Crippen LogP contribution is 2.26. The molecular formula is C17H12N2O2S. The topological polar surface area (TPSA) is 65.9 Å². The third-order valence-electron chi connectivity index (χ3n) is 3.33. The average Bonchev–Trinajstić information content (AvgIpc) is 3.20. The van der Waals surface area contributed by atoms with Crippen LogP contribution in [-0.4, -0.2) is 17.9 Å². The van der Waals surface area contributed by atoms with Crippen molar-refractivity contribution in [1.82, 2.24) is 4.98 Å². The van der Waals surface area contributed by atoms with Gasteiger partial charge < -0.3 is 9.72 Å². The number of carbonyl (C=O) groups excluding carboxylic acids is 1. The normalized spacial score (nSPS) is 11.4. The average molecular weight is 308 g/mol. The van der Waals surface area contributed by atoms with Gasteiger partial charge in [-0.25, -0.2) is 0 Å². The van der Waals surface area contributed by atoms with Gasteiger partial charge in [-0.2, -0.15) is 5.26 Å². The van der Waals surface area contributed by atoms with Gasteiger partial charge in [-0.05, 0) is 35.7 Å². The molecule has 3 aromatic rings. The number of hydrogen-bond acceptors (Lipinski definition) is 4. The molecule has 0 spiro atoms. The van der Waals surface area contributed by atoms with E-state index in [1.54, 1.807) is 25.4 Å². The summed E-state index contributed by atoms with van der Waals surface area (Å²) in [7, 11) is 1.58. The van der Waals surface area contributed by atoms with E-state index in [-0.39, 0.29) is 11.4 Å². The number of aromatic amines is 1. The second-order valence-corrected chi connectivity index (χ2v) is 5.61. The van der Waals surface area contributed by atoms with Crippen molar-refractivity contribution in [3.05, 3.63) is 57.9 Å². The monoisotopic (exact) mass is 308 g/mol. The zero-order valence-electron chi connectivity index (χ0n) is 11.8. The summed E-state index contributed by atoms with van der Waals surface area (Å²) in [6.07, 6.45) is 3.25. The zero-order chi connectivity index (χ0) is 15.5. The SMILES string of the molecule is COc1ccc2[nH]cc(C(=O)/C(C#N)=C\c3cccs3)c2c1. The highest BCUT2D eigenvalue weighted by Gasteiger charge is 2.17. The first-order chi connectivity index (χ1) is 10.7. The molecule has 4 nitrogen and oxygen atoms in total. The molecule has 2 heterocycles. The van der Waals surface area contributed by atoms with E-state index in [0.717, 1.165) is 15.8 Å². The van der Waals surface area contributed by atoms with Crippen molar-refractivity contribution in [1.29, 1.82) is 5.26 Å². The minimum atomic E-state index is -0.296. The number of nitrogens with one attached hydrogen (secondary N) is 1. The van der Waals surface area contributed by atoms with Gasteiger partial charge in [0.2, 0.25) is 5.78 Å². The van der Waals surface area contributed by atoms with Crippen LogP contribution in [0.3, 0.4) is 0 Å². The van der Waals surface area contributed by atoms with Crippen molar-refractivity contribution >= 4 is 34.1 Å². The van der Waals surface area contributed by atoms with Crippen LogP contribution in [-0.2, 0) is 0 Å². The summed E-state index contributed by atoms with van der Waals surface area (Å²) in [5.41, 5.74) is 1.42. The Labute approximate surface area is 131 Å². The Balaban J connectivity index is 2.06. The number of hydrogen-bond donors (Lipinski definition) is 1. The Morgan fingerprint density at radius 2 is 2.27 bits per heavy atom. The molecule has 0 amide bonds. The fourth-order valence-corrected chi connectivity index (χ4v) is 2.88. The molecule has 0 fully saturated rings. The van der Waals surface area contributed by atoms with E-state index < -0.39 is 0 Å². The largest absolute Gasteiger partial charge is 0.497 e. The molecule has 1 aromatic carbocycles. The van der Waals surface area contributed by atoms with Gasteiger partial charge >= 0.3 is 0 Å². The molecule has 0 saturated heterocycles. The van der Waals surface area contributed by atoms with E-state index in [0.29, 0.717) is 11.3 Å². The lowest BCUT2D eigenvalue weighted by Crippen LogP contribution is -2.00. The Hall–Kier alpha value is -2.84. The molecule has 5 heteroatoms. The standard InChI is InChI=1S/C17H12N2O2S/c1-21-12-4-5-16-14(8-12)15(10-19-16)17(20)11(9-18)7-13-3-2-6-22-13/h2-8,10,19H,1H3/b11-7-. The third kappa shape index (κ3) is 2.52. The number of nitrogens with zero attached hydrogens (tertiary/aromatic N) is 1. The molecule has 108 valence electrons. The number of rotatable bonds is 4. The van der Waals surface area contributed by atoms with Gasteiger partial charge in [-0.1, -0.05) is 6.07 Å². The molecule has 22 heavy (non-hydrogen) atoms. The van der Waals surface area contributed by atoms with E-state index in [1.807, 2.05) is 35.7 Å². The molecule has 0 radical (unpaired) electrons. The predicted octanol–water partition coefficient (Wildman–Crippen LogP) is 4.03. The summed E-state index contributed by atoms with van der Waals surface area (Å²) in [6.45, 7) is 0. The summed E-state index contributed by atoms with van der Waals surface area (Å²) in [6, 6.07) is 11.2. The van der Waals surface area contributed by atoms with Crippen LogP contribution in [0.4, 0.5) is 0 Å². The van der Waals surface area contributed by atoms with Crippen molar-refractivity contribution in [3.63, 3.8) is 0 Å². The molecule has 0 aliphatic rings. The van der Waals surface area contributed by atoms with E-state index in [1.165, 1.54) is 11.3 Å². The number of H-pyrrole nitrogens is 1. The molecule has 0 aliphatic carbocycles. The number of Topliss-reactive ketones (excluding diaryl/α,β-unsaturated/α-hetero) is 1. The number of allylic oxidation sites excluding steroid dienone is 1. The molecular weight excluding hydrogens is 296 g/mol. The first-order valence-electron chi connectivity index (χ1n) is 6.58. The van der Waals surface area contributed by atoms with Crippen LogP contribution in [0.1, 0.15) is 15.2 Å². The van der Waals surface area contributed by atoms with Crippen LogP contribution in [0.2, 0.25) is 0 Å². The Morgan fingerprint density at radius 1 is 1.41 bits per heavy atom. The maximum atomic E-state index is 12.6. The summed E-state index contributed by atoms with van der Waals surface area (Å²) in [5, 5.41) is 11.9. The summed E-state index contributed by atoms with van der Waals surface area (Å²) in [4.78, 5) is 16.6. The van der Waals surface area contributed by atoms with Gasteiger partial charge in [-0.3, -0.25) is 4.79 Å². The van der Waals surface area contributed by atoms with Crippen LogP contribution in [0.25, 0.3) is 17.0 Å². The fraction of sp³-hybridized carbons (Fsp3) is 0.0588. The number of nitriles is 1. The van der Waals surface area contributed by atoms with Crippen molar-refractivity contribution in [2.24, 2.45) is 0 Å². The number of carbonyl (C=O) groups is 1. The Morgan fingerprint density at radius 3 is 2.95 bits per heavy atom. The van der Waals surface area contributed by atoms with Crippen LogP contribution >= 0.6 is 11.3 Å². The number of aromatic nitrogens is 1. The summed E-state index contributed by atoms with van der Waals surface area (Å²) >= 11 is 1.48. The maximum Gasteiger partial charge on any atom is 0.205 e. The molecule has 0 atom stereocenters. The lowest BCUT2D eigenvalue weighted by atomic mass is 10.0. The highest BCUT2D eigenvalue weighted by molar-refractivity contribution is 7.10. The highest BCUT2D eigenvalue weighted by atomic mass is 32.1. The quantitative estimate of drug-likeness (QED) is 0.449. The van der Waals surface area contributed by atoms with E-state index in [9.17, 15) is 10.1 Å². The van der Waals surface area contributed by atoms with Gasteiger partial charge in [0.1, 0.15) is 17.4 Å². The zero-order valence-corrected chi connectivity index (χ0v) is 12.6. The molecule has 0 unspecified atom stereocenters. The van der Waals surface area contributed by atoms with Crippen LogP contribution in [0.5, 0.6) is 5.75 Å². The summed E-state index contributed by atoms with van der Waals surface area (Å²) in [5.74, 6) is 0.372. The van der Waals surface area contributed by atoms with Crippen LogP contribution in [0, 0.1) is 11.3 Å². The van der Waals surface area contributed by atoms with Gasteiger partial charge in [0.05, 0.1) is 7.11 Å². The van der Waals surface area contributed by atoms with E-state index >= 15 is 0 Å². The van der Waals surface area contributed by atoms with Gasteiger partial charge in [0.25, 0.3) is 0 Å². The lowest BCUT2D eigenvalue weighted by Gasteiger charge is -2.01. The summed E-state index contributed by atoms with van der Waals surface area (Å²) < 4.78 is 5.20. The molecule has 1 N–H and O–H groups in total. The first-order valence-corrected chi connectivity index (χ1v) is 7.46. The van der Waals surface area contributed by atoms with Gasteiger partial charge in [0, 0.05) is 27.5 Å². The number of ether oxygens (including phenoxy) is 1. The van der Waals surface area contributed by atoms with Crippen LogP contribution < -0.4 is 4.74 Å². The number of ketones is 1. The van der Waals surface area contributed by atoms with Crippen LogP contribution in [0.15, 0.2) is 47.5 Å². The minimum Gasteiger partial charge on any atom is -0.497 e. The Bertz CT molecular complexity index is 899. The van der Waals surface area contributed by atoms with E-state index in [4.69, 9.17) is 4.74 Å². The first kappa shape index (κ1) is 14.1. The minimum absolute atomic E-state index is 0.117. The molecule has 3 rings (SSSR count). The molecule has 0 bridgehead atoms.